The van der Waals surface area contributed by atoms with Crippen molar-refractivity contribution in [3.8, 4) is 0 Å². The number of aromatic nitrogens is 1. The van der Waals surface area contributed by atoms with Crippen LogP contribution in [0.5, 0.6) is 0 Å². The number of fused-ring (bicyclic) bond motifs is 1. The number of anilines is 1. The normalized spacial score (nSPS) is 17.3. The van der Waals surface area contributed by atoms with Crippen LogP contribution in [0.4, 0.5) is 5.69 Å². The van der Waals surface area contributed by atoms with E-state index in [4.69, 9.17) is 4.74 Å². The zero-order valence-corrected chi connectivity index (χ0v) is 16.9. The number of amides is 2. The van der Waals surface area contributed by atoms with Gasteiger partial charge >= 0.3 is 0 Å². The minimum absolute atomic E-state index is 0.272. The molecule has 28 heavy (non-hydrogen) atoms. The number of imide groups is 1. The van der Waals surface area contributed by atoms with E-state index in [9.17, 15) is 9.59 Å². The summed E-state index contributed by atoms with van der Waals surface area (Å²) >= 11 is 1.55. The number of carbonyl (C=O) groups is 2. The molecule has 0 unspecified atom stereocenters. The summed E-state index contributed by atoms with van der Waals surface area (Å²) in [4.78, 5) is 34.3. The second kappa shape index (κ2) is 8.03. The van der Waals surface area contributed by atoms with E-state index in [0.29, 0.717) is 21.8 Å². The van der Waals surface area contributed by atoms with E-state index in [2.05, 4.69) is 9.88 Å². The molecule has 0 N–H and O–H groups in total. The standard InChI is InChI=1S/C21H23N3O3S/c1-14-4-3-5-16(12-14)24-20(25)17-13-15(2)22-19(18(17)21(24)26)28-11-8-23-6-9-27-10-7-23/h3-5,12-13H,6-11H2,1-2H3. The Kier molecular flexibility index (Phi) is 5.48. The number of hydrogen-bond acceptors (Lipinski definition) is 6. The van der Waals surface area contributed by atoms with Gasteiger partial charge in [0.25, 0.3) is 11.8 Å². The number of morpholine rings is 1. The van der Waals surface area contributed by atoms with Crippen LogP contribution >= 0.6 is 11.8 Å². The number of thioether (sulfide) groups is 1. The van der Waals surface area contributed by atoms with Gasteiger partial charge in [-0.15, -0.1) is 11.8 Å². The Bertz CT molecular complexity index is 925. The van der Waals surface area contributed by atoms with E-state index in [1.807, 2.05) is 32.0 Å². The third-order valence-electron chi connectivity index (χ3n) is 4.97. The van der Waals surface area contributed by atoms with E-state index in [0.717, 1.165) is 49.9 Å². The Morgan fingerprint density at radius 1 is 1.11 bits per heavy atom. The second-order valence-corrected chi connectivity index (χ2v) is 8.16. The van der Waals surface area contributed by atoms with Crippen molar-refractivity contribution in [3.05, 3.63) is 52.7 Å². The van der Waals surface area contributed by atoms with Crippen LogP contribution in [-0.2, 0) is 4.74 Å². The minimum Gasteiger partial charge on any atom is -0.379 e. The molecule has 0 atom stereocenters. The molecule has 0 spiro atoms. The topological polar surface area (TPSA) is 62.7 Å². The number of benzene rings is 1. The van der Waals surface area contributed by atoms with Gasteiger partial charge < -0.3 is 4.74 Å². The molecule has 0 aliphatic carbocycles. The predicted molar refractivity (Wildman–Crippen MR) is 109 cm³/mol. The minimum atomic E-state index is -0.285. The highest BCUT2D eigenvalue weighted by Crippen LogP contribution is 2.34. The van der Waals surface area contributed by atoms with Crippen molar-refractivity contribution in [1.29, 1.82) is 0 Å². The molecule has 2 aliphatic rings. The highest BCUT2D eigenvalue weighted by Gasteiger charge is 2.39. The Morgan fingerprint density at radius 2 is 1.89 bits per heavy atom. The monoisotopic (exact) mass is 397 g/mol. The van der Waals surface area contributed by atoms with Crippen LogP contribution in [0.2, 0.25) is 0 Å². The van der Waals surface area contributed by atoms with E-state index in [-0.39, 0.29) is 11.8 Å². The summed E-state index contributed by atoms with van der Waals surface area (Å²) in [5, 5.41) is 0.650. The zero-order valence-electron chi connectivity index (χ0n) is 16.1. The SMILES string of the molecule is Cc1cccc(N2C(=O)c3cc(C)nc(SCCN4CCOCC4)c3C2=O)c1. The summed E-state index contributed by atoms with van der Waals surface area (Å²) < 4.78 is 5.38. The Labute approximate surface area is 168 Å². The highest BCUT2D eigenvalue weighted by molar-refractivity contribution is 7.99. The third kappa shape index (κ3) is 3.70. The number of hydrogen-bond donors (Lipinski definition) is 0. The van der Waals surface area contributed by atoms with Crippen molar-refractivity contribution in [1.82, 2.24) is 9.88 Å². The summed E-state index contributed by atoms with van der Waals surface area (Å²) in [6.07, 6.45) is 0. The highest BCUT2D eigenvalue weighted by atomic mass is 32.2. The smallest absolute Gasteiger partial charge is 0.268 e. The van der Waals surface area contributed by atoms with E-state index in [1.54, 1.807) is 23.9 Å². The fourth-order valence-corrected chi connectivity index (χ4v) is 4.64. The average molecular weight is 398 g/mol. The number of nitrogens with zero attached hydrogens (tertiary/aromatic N) is 3. The van der Waals surface area contributed by atoms with Crippen LogP contribution in [0.3, 0.4) is 0 Å². The zero-order chi connectivity index (χ0) is 19.7. The van der Waals surface area contributed by atoms with Crippen molar-refractivity contribution < 1.29 is 14.3 Å². The number of rotatable bonds is 5. The van der Waals surface area contributed by atoms with Gasteiger partial charge in [0.2, 0.25) is 0 Å². The van der Waals surface area contributed by atoms with Gasteiger partial charge in [-0.05, 0) is 37.6 Å². The van der Waals surface area contributed by atoms with Crippen LogP contribution in [0.1, 0.15) is 32.0 Å². The average Bonchev–Trinajstić information content (AvgIpc) is 2.93. The lowest BCUT2D eigenvalue weighted by Gasteiger charge is -2.26. The number of aryl methyl sites for hydroxylation is 2. The maximum atomic E-state index is 13.1. The first-order chi connectivity index (χ1) is 13.5. The Balaban J connectivity index is 1.58. The summed E-state index contributed by atoms with van der Waals surface area (Å²) in [6, 6.07) is 9.17. The summed E-state index contributed by atoms with van der Waals surface area (Å²) in [6.45, 7) is 8.10. The molecule has 1 aromatic heterocycles. The lowest BCUT2D eigenvalue weighted by Crippen LogP contribution is -2.37. The summed E-state index contributed by atoms with van der Waals surface area (Å²) in [5.74, 6) is 0.257. The van der Waals surface area contributed by atoms with Gasteiger partial charge in [0, 0.05) is 31.1 Å². The summed E-state index contributed by atoms with van der Waals surface area (Å²) in [7, 11) is 0. The van der Waals surface area contributed by atoms with Crippen LogP contribution in [0, 0.1) is 13.8 Å². The maximum absolute atomic E-state index is 13.1. The van der Waals surface area contributed by atoms with Crippen LogP contribution in [0.25, 0.3) is 0 Å². The van der Waals surface area contributed by atoms with Crippen molar-refractivity contribution in [2.24, 2.45) is 0 Å². The molecule has 7 heteroatoms. The predicted octanol–water partition coefficient (Wildman–Crippen LogP) is 2.92. The number of carbonyl (C=O) groups excluding carboxylic acids is 2. The first-order valence-corrected chi connectivity index (χ1v) is 10.4. The van der Waals surface area contributed by atoms with Gasteiger partial charge in [-0.25, -0.2) is 9.88 Å². The molecule has 1 aromatic carbocycles. The van der Waals surface area contributed by atoms with E-state index >= 15 is 0 Å². The van der Waals surface area contributed by atoms with Crippen molar-refractivity contribution >= 4 is 29.3 Å². The third-order valence-corrected chi connectivity index (χ3v) is 5.93. The lowest BCUT2D eigenvalue weighted by molar-refractivity contribution is 0.0410. The molecule has 1 fully saturated rings. The molecule has 6 nitrogen and oxygen atoms in total. The van der Waals surface area contributed by atoms with Gasteiger partial charge in [-0.2, -0.15) is 0 Å². The Morgan fingerprint density at radius 3 is 2.64 bits per heavy atom. The van der Waals surface area contributed by atoms with Crippen molar-refractivity contribution in [2.75, 3.05) is 43.5 Å². The molecule has 2 aliphatic heterocycles. The van der Waals surface area contributed by atoms with Crippen LogP contribution in [0.15, 0.2) is 35.4 Å². The first-order valence-electron chi connectivity index (χ1n) is 9.44. The van der Waals surface area contributed by atoms with Gasteiger partial charge in [-0.1, -0.05) is 12.1 Å². The molecule has 2 aromatic rings. The second-order valence-electron chi connectivity index (χ2n) is 7.08. The quantitative estimate of drug-likeness (QED) is 0.571. The van der Waals surface area contributed by atoms with Gasteiger partial charge in [0.1, 0.15) is 5.03 Å². The number of ether oxygens (including phenoxy) is 1. The molecule has 3 heterocycles. The fraction of sp³-hybridized carbons (Fsp3) is 0.381. The largest absolute Gasteiger partial charge is 0.379 e. The molecule has 1 saturated heterocycles. The fourth-order valence-electron chi connectivity index (χ4n) is 3.55. The molecular weight excluding hydrogens is 374 g/mol. The van der Waals surface area contributed by atoms with E-state index in [1.165, 1.54) is 4.90 Å². The van der Waals surface area contributed by atoms with Crippen molar-refractivity contribution in [3.63, 3.8) is 0 Å². The molecule has 0 radical (unpaired) electrons. The molecule has 0 bridgehead atoms. The van der Waals surface area contributed by atoms with Crippen molar-refractivity contribution in [2.45, 2.75) is 18.9 Å². The number of pyridine rings is 1. The van der Waals surface area contributed by atoms with Crippen LogP contribution < -0.4 is 4.90 Å². The molecule has 2 amide bonds. The van der Waals surface area contributed by atoms with Crippen LogP contribution in [-0.4, -0.2) is 60.3 Å². The molecular formula is C21H23N3O3S. The molecule has 4 rings (SSSR count). The molecule has 146 valence electrons. The van der Waals surface area contributed by atoms with Gasteiger partial charge in [0.05, 0.1) is 30.0 Å². The van der Waals surface area contributed by atoms with Gasteiger partial charge in [0.15, 0.2) is 0 Å². The summed E-state index contributed by atoms with van der Waals surface area (Å²) in [5.41, 5.74) is 3.24. The van der Waals surface area contributed by atoms with Gasteiger partial charge in [-0.3, -0.25) is 14.5 Å². The maximum Gasteiger partial charge on any atom is 0.268 e. The molecule has 0 saturated carbocycles. The lowest BCUT2D eigenvalue weighted by atomic mass is 10.1. The first kappa shape index (κ1) is 19.1. The van der Waals surface area contributed by atoms with E-state index < -0.39 is 0 Å². The Hall–Kier alpha value is -2.22.